The van der Waals surface area contributed by atoms with Crippen LogP contribution in [0.2, 0.25) is 0 Å². The molecule has 4 N–H and O–H groups in total. The highest BCUT2D eigenvalue weighted by Crippen LogP contribution is 2.13. The van der Waals surface area contributed by atoms with Crippen LogP contribution in [0, 0.1) is 0 Å². The van der Waals surface area contributed by atoms with E-state index < -0.39 is 17.9 Å². The van der Waals surface area contributed by atoms with E-state index >= 15 is 0 Å². The minimum absolute atomic E-state index is 0.201. The third-order valence-electron chi connectivity index (χ3n) is 2.52. The van der Waals surface area contributed by atoms with Gasteiger partial charge in [0.2, 0.25) is 11.8 Å². The van der Waals surface area contributed by atoms with Crippen molar-refractivity contribution in [3.8, 4) is 0 Å². The fourth-order valence-electron chi connectivity index (χ4n) is 1.63. The molecular weight excluding hydrogens is 338 g/mol. The number of anilines is 1. The largest absolute Gasteiger partial charge is 0.368 e. The molecule has 0 spiro atoms. The number of primary amides is 1. The third-order valence-corrected chi connectivity index (χ3v) is 2.84. The summed E-state index contributed by atoms with van der Waals surface area (Å²) in [6.45, 7) is 4.99. The van der Waals surface area contributed by atoms with Gasteiger partial charge in [-0.15, -0.1) is 0 Å². The van der Waals surface area contributed by atoms with E-state index in [1.165, 1.54) is 13.0 Å². The summed E-state index contributed by atoms with van der Waals surface area (Å²) in [7, 11) is 0. The fraction of sp³-hybridized carbons (Fsp3) is 0.214. The molecule has 1 aromatic carbocycles. The zero-order valence-corrected chi connectivity index (χ0v) is 13.1. The summed E-state index contributed by atoms with van der Waals surface area (Å²) in [4.78, 5) is 34.4. The van der Waals surface area contributed by atoms with Crippen molar-refractivity contribution >= 4 is 39.3 Å². The van der Waals surface area contributed by atoms with E-state index in [1.807, 2.05) is 0 Å². The Hall–Kier alpha value is -2.15. The van der Waals surface area contributed by atoms with Gasteiger partial charge in [0.1, 0.15) is 6.04 Å². The number of nitrogens with two attached hydrogens (primary N) is 1. The zero-order chi connectivity index (χ0) is 16.0. The average molecular weight is 354 g/mol. The quantitative estimate of drug-likeness (QED) is 0.722. The standard InChI is InChI=1S/C14H16BrN3O3/c1-8(15)6-12(13(16)20)18-14(21)10-4-3-5-11(7-10)17-9(2)19/h3-5,7,12H,1,6H2,2H3,(H2,16,20)(H,17,19)(H,18,21)/t12-/m1/s1. The monoisotopic (exact) mass is 353 g/mol. The molecule has 0 saturated heterocycles. The minimum Gasteiger partial charge on any atom is -0.368 e. The molecule has 21 heavy (non-hydrogen) atoms. The van der Waals surface area contributed by atoms with Gasteiger partial charge in [0.25, 0.3) is 5.91 Å². The lowest BCUT2D eigenvalue weighted by Gasteiger charge is -2.15. The van der Waals surface area contributed by atoms with Crippen molar-refractivity contribution in [1.82, 2.24) is 5.32 Å². The van der Waals surface area contributed by atoms with Gasteiger partial charge in [0.15, 0.2) is 0 Å². The van der Waals surface area contributed by atoms with E-state index in [0.29, 0.717) is 15.7 Å². The Morgan fingerprint density at radius 3 is 2.57 bits per heavy atom. The van der Waals surface area contributed by atoms with E-state index in [0.717, 1.165) is 0 Å². The maximum absolute atomic E-state index is 12.1. The van der Waals surface area contributed by atoms with Gasteiger partial charge in [-0.05, 0) is 22.7 Å². The van der Waals surface area contributed by atoms with Crippen LogP contribution in [0.25, 0.3) is 0 Å². The number of hydrogen-bond acceptors (Lipinski definition) is 3. The third kappa shape index (κ3) is 5.78. The second-order valence-electron chi connectivity index (χ2n) is 4.41. The average Bonchev–Trinajstić information content (AvgIpc) is 2.36. The summed E-state index contributed by atoms with van der Waals surface area (Å²) in [5, 5.41) is 5.10. The highest BCUT2D eigenvalue weighted by molar-refractivity contribution is 9.11. The van der Waals surface area contributed by atoms with Crippen LogP contribution in [0.5, 0.6) is 0 Å². The summed E-state index contributed by atoms with van der Waals surface area (Å²) >= 11 is 3.13. The first-order valence-electron chi connectivity index (χ1n) is 6.10. The van der Waals surface area contributed by atoms with Crippen molar-refractivity contribution in [1.29, 1.82) is 0 Å². The number of halogens is 1. The van der Waals surface area contributed by atoms with Crippen LogP contribution in [-0.2, 0) is 9.59 Å². The molecule has 112 valence electrons. The smallest absolute Gasteiger partial charge is 0.252 e. The van der Waals surface area contributed by atoms with Crippen LogP contribution in [0.15, 0.2) is 35.3 Å². The van der Waals surface area contributed by atoms with E-state index in [2.05, 4.69) is 33.1 Å². The molecular formula is C14H16BrN3O3. The molecule has 0 bridgehead atoms. The molecule has 0 heterocycles. The number of benzene rings is 1. The molecule has 0 saturated carbocycles. The van der Waals surface area contributed by atoms with Crippen LogP contribution in [0.3, 0.4) is 0 Å². The summed E-state index contributed by atoms with van der Waals surface area (Å²) in [5.41, 5.74) is 6.04. The molecule has 0 fully saturated rings. The van der Waals surface area contributed by atoms with Gasteiger partial charge in [-0.2, -0.15) is 0 Å². The number of amides is 3. The van der Waals surface area contributed by atoms with Gasteiger partial charge in [0, 0.05) is 24.6 Å². The Balaban J connectivity index is 2.84. The number of carbonyl (C=O) groups is 3. The Morgan fingerprint density at radius 2 is 2.05 bits per heavy atom. The molecule has 0 aliphatic rings. The Bertz CT molecular complexity index is 587. The van der Waals surface area contributed by atoms with E-state index in [9.17, 15) is 14.4 Å². The maximum atomic E-state index is 12.1. The van der Waals surface area contributed by atoms with Gasteiger partial charge in [-0.3, -0.25) is 14.4 Å². The molecule has 3 amide bonds. The number of rotatable bonds is 6. The van der Waals surface area contributed by atoms with Gasteiger partial charge < -0.3 is 16.4 Å². The van der Waals surface area contributed by atoms with Crippen molar-refractivity contribution in [2.24, 2.45) is 5.73 Å². The Labute approximate surface area is 130 Å². The molecule has 6 nitrogen and oxygen atoms in total. The van der Waals surface area contributed by atoms with Crippen LogP contribution in [0.1, 0.15) is 23.7 Å². The first-order chi connectivity index (χ1) is 9.79. The lowest BCUT2D eigenvalue weighted by atomic mass is 10.1. The highest BCUT2D eigenvalue weighted by Gasteiger charge is 2.19. The van der Waals surface area contributed by atoms with Crippen molar-refractivity contribution in [2.75, 3.05) is 5.32 Å². The first-order valence-corrected chi connectivity index (χ1v) is 6.90. The summed E-state index contributed by atoms with van der Waals surface area (Å²) in [6, 6.07) is 5.51. The number of hydrogen-bond donors (Lipinski definition) is 3. The van der Waals surface area contributed by atoms with Gasteiger partial charge in [0.05, 0.1) is 0 Å². The van der Waals surface area contributed by atoms with Crippen molar-refractivity contribution in [3.63, 3.8) is 0 Å². The molecule has 1 atom stereocenters. The topological polar surface area (TPSA) is 101 Å². The van der Waals surface area contributed by atoms with Crippen LogP contribution >= 0.6 is 15.9 Å². The molecule has 7 heteroatoms. The van der Waals surface area contributed by atoms with Crippen LogP contribution in [0.4, 0.5) is 5.69 Å². The molecule has 0 unspecified atom stereocenters. The maximum Gasteiger partial charge on any atom is 0.252 e. The van der Waals surface area contributed by atoms with E-state index in [-0.39, 0.29) is 12.3 Å². The van der Waals surface area contributed by atoms with Crippen molar-refractivity contribution in [3.05, 3.63) is 40.9 Å². The first kappa shape index (κ1) is 16.9. The lowest BCUT2D eigenvalue weighted by Crippen LogP contribution is -2.44. The normalized spacial score (nSPS) is 11.3. The number of nitrogens with one attached hydrogen (secondary N) is 2. The van der Waals surface area contributed by atoms with Crippen molar-refractivity contribution < 1.29 is 14.4 Å². The molecule has 0 aromatic heterocycles. The second kappa shape index (κ2) is 7.58. The summed E-state index contributed by atoms with van der Waals surface area (Å²) < 4.78 is 0.554. The van der Waals surface area contributed by atoms with E-state index in [1.54, 1.807) is 18.2 Å². The Morgan fingerprint density at radius 1 is 1.38 bits per heavy atom. The van der Waals surface area contributed by atoms with Gasteiger partial charge in [-0.25, -0.2) is 0 Å². The van der Waals surface area contributed by atoms with Crippen LogP contribution < -0.4 is 16.4 Å². The molecule has 1 aromatic rings. The molecule has 0 aliphatic carbocycles. The lowest BCUT2D eigenvalue weighted by molar-refractivity contribution is -0.119. The van der Waals surface area contributed by atoms with E-state index in [4.69, 9.17) is 5.73 Å². The summed E-state index contributed by atoms with van der Waals surface area (Å²) in [5.74, 6) is -1.35. The highest BCUT2D eigenvalue weighted by atomic mass is 79.9. The van der Waals surface area contributed by atoms with Gasteiger partial charge in [-0.1, -0.05) is 28.6 Å². The predicted octanol–water partition coefficient (Wildman–Crippen LogP) is 1.53. The van der Waals surface area contributed by atoms with Crippen LogP contribution in [-0.4, -0.2) is 23.8 Å². The Kier molecular flexibility index (Phi) is 6.10. The molecule has 0 radical (unpaired) electrons. The van der Waals surface area contributed by atoms with Crippen molar-refractivity contribution in [2.45, 2.75) is 19.4 Å². The predicted molar refractivity (Wildman–Crippen MR) is 83.9 cm³/mol. The SMILES string of the molecule is C=C(Br)C[C@@H](NC(=O)c1cccc(NC(C)=O)c1)C(N)=O. The summed E-state index contributed by atoms with van der Waals surface area (Å²) in [6.07, 6.45) is 0.201. The molecule has 0 aliphatic heterocycles. The number of carbonyl (C=O) groups excluding carboxylic acids is 3. The van der Waals surface area contributed by atoms with Gasteiger partial charge >= 0.3 is 0 Å². The fourth-order valence-corrected chi connectivity index (χ4v) is 1.95. The molecule has 1 rings (SSSR count). The second-order valence-corrected chi connectivity index (χ2v) is 5.53. The zero-order valence-electron chi connectivity index (χ0n) is 11.5. The minimum atomic E-state index is -0.853.